The van der Waals surface area contributed by atoms with Gasteiger partial charge in [0.05, 0.1) is 6.07 Å². The molecule has 0 aliphatic heterocycles. The first-order chi connectivity index (χ1) is 9.70. The summed E-state index contributed by atoms with van der Waals surface area (Å²) in [6.45, 7) is 2.16. The molecule has 0 atom stereocenters. The number of benzene rings is 1. The summed E-state index contributed by atoms with van der Waals surface area (Å²) in [5.74, 6) is 0.589. The van der Waals surface area contributed by atoms with Crippen molar-refractivity contribution in [1.82, 2.24) is 4.90 Å². The highest BCUT2D eigenvalue weighted by Gasteiger charge is 2.26. The quantitative estimate of drug-likeness (QED) is 0.774. The van der Waals surface area contributed by atoms with E-state index < -0.39 is 0 Å². The molecule has 4 nitrogen and oxygen atoms in total. The minimum atomic E-state index is -0.0981. The molecule has 1 aliphatic carbocycles. The van der Waals surface area contributed by atoms with Crippen molar-refractivity contribution in [2.75, 3.05) is 13.2 Å². The third-order valence-electron chi connectivity index (χ3n) is 3.71. The zero-order valence-corrected chi connectivity index (χ0v) is 11.8. The minimum Gasteiger partial charge on any atom is -0.484 e. The molecular formula is C16H20N2O2. The number of amides is 1. The molecule has 4 heteroatoms. The Labute approximate surface area is 120 Å². The van der Waals surface area contributed by atoms with Crippen LogP contribution < -0.4 is 4.74 Å². The van der Waals surface area contributed by atoms with Crippen LogP contribution in [0.4, 0.5) is 0 Å². The summed E-state index contributed by atoms with van der Waals surface area (Å²) in [6.07, 6.45) is 4.27. The van der Waals surface area contributed by atoms with Crippen LogP contribution in [0.3, 0.4) is 0 Å². The summed E-state index contributed by atoms with van der Waals surface area (Å²) in [5.41, 5.74) is 1.15. The standard InChI is InChI=1S/C16H20N2O2/c1-13-6-8-15(9-7-13)20-12-16(19)18(11-10-17)14-4-2-3-5-14/h6-9,14H,2-5,11-12H2,1H3. The number of nitrogens with zero attached hydrogens (tertiary/aromatic N) is 2. The maximum Gasteiger partial charge on any atom is 0.261 e. The van der Waals surface area contributed by atoms with Gasteiger partial charge in [-0.25, -0.2) is 0 Å². The zero-order valence-electron chi connectivity index (χ0n) is 11.8. The molecule has 1 aliphatic rings. The Morgan fingerprint density at radius 3 is 2.60 bits per heavy atom. The Hall–Kier alpha value is -2.02. The molecule has 1 saturated carbocycles. The number of rotatable bonds is 5. The Morgan fingerprint density at radius 1 is 1.35 bits per heavy atom. The van der Waals surface area contributed by atoms with Crippen molar-refractivity contribution in [3.8, 4) is 11.8 Å². The lowest BCUT2D eigenvalue weighted by Crippen LogP contribution is -2.41. The third kappa shape index (κ3) is 3.74. The van der Waals surface area contributed by atoms with E-state index in [-0.39, 0.29) is 25.1 Å². The topological polar surface area (TPSA) is 53.3 Å². The molecule has 0 aromatic heterocycles. The smallest absolute Gasteiger partial charge is 0.261 e. The van der Waals surface area contributed by atoms with E-state index in [0.29, 0.717) is 5.75 Å². The molecular weight excluding hydrogens is 252 g/mol. The van der Waals surface area contributed by atoms with E-state index in [9.17, 15) is 4.79 Å². The Morgan fingerprint density at radius 2 is 2.00 bits per heavy atom. The monoisotopic (exact) mass is 272 g/mol. The van der Waals surface area contributed by atoms with Gasteiger partial charge in [-0.3, -0.25) is 4.79 Å². The number of carbonyl (C=O) groups is 1. The highest BCUT2D eigenvalue weighted by Crippen LogP contribution is 2.23. The summed E-state index contributed by atoms with van der Waals surface area (Å²) in [5, 5.41) is 8.88. The zero-order chi connectivity index (χ0) is 14.4. The SMILES string of the molecule is Cc1ccc(OCC(=O)N(CC#N)C2CCCC2)cc1. The Kier molecular flexibility index (Phi) is 5.00. The Bertz CT molecular complexity index is 484. The molecule has 1 aromatic carbocycles. The summed E-state index contributed by atoms with van der Waals surface area (Å²) in [4.78, 5) is 13.9. The van der Waals surface area contributed by atoms with Gasteiger partial charge in [0, 0.05) is 6.04 Å². The predicted molar refractivity (Wildman–Crippen MR) is 76.3 cm³/mol. The number of ether oxygens (including phenoxy) is 1. The molecule has 1 aromatic rings. The van der Waals surface area contributed by atoms with E-state index in [4.69, 9.17) is 10.00 Å². The number of nitriles is 1. The van der Waals surface area contributed by atoms with Gasteiger partial charge in [0.25, 0.3) is 5.91 Å². The van der Waals surface area contributed by atoms with Gasteiger partial charge in [0.2, 0.25) is 0 Å². The van der Waals surface area contributed by atoms with Crippen LogP contribution in [0.5, 0.6) is 5.75 Å². The van der Waals surface area contributed by atoms with Crippen molar-refractivity contribution in [3.63, 3.8) is 0 Å². The molecule has 20 heavy (non-hydrogen) atoms. The average Bonchev–Trinajstić information content (AvgIpc) is 2.97. The fraction of sp³-hybridized carbons (Fsp3) is 0.500. The van der Waals surface area contributed by atoms with Crippen LogP contribution in [0.2, 0.25) is 0 Å². The van der Waals surface area contributed by atoms with Gasteiger partial charge in [0.15, 0.2) is 6.61 Å². The van der Waals surface area contributed by atoms with Crippen molar-refractivity contribution in [1.29, 1.82) is 5.26 Å². The maximum absolute atomic E-state index is 12.2. The Balaban J connectivity index is 1.91. The highest BCUT2D eigenvalue weighted by molar-refractivity contribution is 5.78. The van der Waals surface area contributed by atoms with Gasteiger partial charge in [-0.1, -0.05) is 30.5 Å². The second-order valence-corrected chi connectivity index (χ2v) is 5.22. The normalized spacial score (nSPS) is 14.8. The lowest BCUT2D eigenvalue weighted by molar-refractivity contribution is -0.134. The second kappa shape index (κ2) is 6.95. The van der Waals surface area contributed by atoms with Crippen molar-refractivity contribution >= 4 is 5.91 Å². The molecule has 0 spiro atoms. The fourth-order valence-electron chi connectivity index (χ4n) is 2.58. The van der Waals surface area contributed by atoms with Gasteiger partial charge in [0.1, 0.15) is 12.3 Å². The van der Waals surface area contributed by atoms with Crippen LogP contribution in [0.1, 0.15) is 31.2 Å². The minimum absolute atomic E-state index is 0.00123. The second-order valence-electron chi connectivity index (χ2n) is 5.22. The van der Waals surface area contributed by atoms with Crippen molar-refractivity contribution in [3.05, 3.63) is 29.8 Å². The van der Waals surface area contributed by atoms with Gasteiger partial charge >= 0.3 is 0 Å². The summed E-state index contributed by atoms with van der Waals surface area (Å²) < 4.78 is 5.51. The van der Waals surface area contributed by atoms with Gasteiger partial charge in [-0.2, -0.15) is 5.26 Å². The van der Waals surface area contributed by atoms with E-state index in [0.717, 1.165) is 31.2 Å². The van der Waals surface area contributed by atoms with Gasteiger partial charge < -0.3 is 9.64 Å². The van der Waals surface area contributed by atoms with Crippen LogP contribution in [0.25, 0.3) is 0 Å². The fourth-order valence-corrected chi connectivity index (χ4v) is 2.58. The van der Waals surface area contributed by atoms with Crippen LogP contribution in [-0.2, 0) is 4.79 Å². The molecule has 2 rings (SSSR count). The molecule has 0 saturated heterocycles. The highest BCUT2D eigenvalue weighted by atomic mass is 16.5. The van der Waals surface area contributed by atoms with Crippen LogP contribution in [-0.4, -0.2) is 30.0 Å². The van der Waals surface area contributed by atoms with Gasteiger partial charge in [-0.15, -0.1) is 0 Å². The average molecular weight is 272 g/mol. The number of aryl methyl sites for hydroxylation is 1. The molecule has 0 radical (unpaired) electrons. The lowest BCUT2D eigenvalue weighted by Gasteiger charge is -2.26. The molecule has 0 bridgehead atoms. The van der Waals surface area contributed by atoms with E-state index in [1.807, 2.05) is 31.2 Å². The maximum atomic E-state index is 12.2. The number of carbonyl (C=O) groups excluding carboxylic acids is 1. The number of hydrogen-bond donors (Lipinski definition) is 0. The molecule has 0 heterocycles. The van der Waals surface area contributed by atoms with Gasteiger partial charge in [-0.05, 0) is 31.9 Å². The molecule has 1 fully saturated rings. The first kappa shape index (κ1) is 14.4. The molecule has 0 unspecified atom stereocenters. The van der Waals surface area contributed by atoms with Crippen molar-refractivity contribution < 1.29 is 9.53 Å². The van der Waals surface area contributed by atoms with E-state index in [1.165, 1.54) is 0 Å². The molecule has 1 amide bonds. The molecule has 106 valence electrons. The molecule has 0 N–H and O–H groups in total. The van der Waals surface area contributed by atoms with E-state index in [1.54, 1.807) is 4.90 Å². The third-order valence-corrected chi connectivity index (χ3v) is 3.71. The summed E-state index contributed by atoms with van der Waals surface area (Å²) in [6, 6.07) is 9.90. The summed E-state index contributed by atoms with van der Waals surface area (Å²) in [7, 11) is 0. The predicted octanol–water partition coefficient (Wildman–Crippen LogP) is 2.67. The number of hydrogen-bond acceptors (Lipinski definition) is 3. The summed E-state index contributed by atoms with van der Waals surface area (Å²) >= 11 is 0. The van der Waals surface area contributed by atoms with Crippen molar-refractivity contribution in [2.24, 2.45) is 0 Å². The lowest BCUT2D eigenvalue weighted by atomic mass is 10.2. The first-order valence-electron chi connectivity index (χ1n) is 7.06. The van der Waals surface area contributed by atoms with Crippen molar-refractivity contribution in [2.45, 2.75) is 38.6 Å². The first-order valence-corrected chi connectivity index (χ1v) is 7.06. The largest absolute Gasteiger partial charge is 0.484 e. The van der Waals surface area contributed by atoms with Crippen LogP contribution in [0.15, 0.2) is 24.3 Å². The van der Waals surface area contributed by atoms with Crippen LogP contribution >= 0.6 is 0 Å². The van der Waals surface area contributed by atoms with E-state index >= 15 is 0 Å². The van der Waals surface area contributed by atoms with E-state index in [2.05, 4.69) is 6.07 Å². The van der Waals surface area contributed by atoms with Crippen LogP contribution in [0, 0.1) is 18.3 Å².